The Kier molecular flexibility index (Phi) is 7.01. The number of carbonyl (C=O) groups excluding carboxylic acids is 1. The highest BCUT2D eigenvalue weighted by molar-refractivity contribution is 5.96. The van der Waals surface area contributed by atoms with Crippen LogP contribution in [0.2, 0.25) is 0 Å². The van der Waals surface area contributed by atoms with E-state index in [0.29, 0.717) is 17.2 Å². The SMILES string of the molecule is CCN(CCN(C)C)c1cncc2[nH]c(-c3[nH]nc4ncc(-c5cncc(NC(=O)C(C)C)c5)cc34)nc12. The van der Waals surface area contributed by atoms with E-state index < -0.39 is 0 Å². The summed E-state index contributed by atoms with van der Waals surface area (Å²) in [6.45, 7) is 8.49. The van der Waals surface area contributed by atoms with Gasteiger partial charge in [-0.1, -0.05) is 13.8 Å². The van der Waals surface area contributed by atoms with Gasteiger partial charge in [-0.25, -0.2) is 9.97 Å². The van der Waals surface area contributed by atoms with Gasteiger partial charge in [0, 0.05) is 49.1 Å². The summed E-state index contributed by atoms with van der Waals surface area (Å²) in [6, 6.07) is 3.90. The van der Waals surface area contributed by atoms with E-state index >= 15 is 0 Å². The highest BCUT2D eigenvalue weighted by Crippen LogP contribution is 2.31. The topological polar surface area (TPSA) is 132 Å². The third-order valence-electron chi connectivity index (χ3n) is 6.42. The first kappa shape index (κ1) is 25.3. The van der Waals surface area contributed by atoms with Crippen LogP contribution < -0.4 is 10.2 Å². The average molecular weight is 513 g/mol. The second-order valence-corrected chi connectivity index (χ2v) is 9.82. The number of carbonyl (C=O) groups is 1. The van der Waals surface area contributed by atoms with Gasteiger partial charge in [0.1, 0.15) is 11.2 Å². The number of H-pyrrole nitrogens is 2. The second kappa shape index (κ2) is 10.5. The molecule has 0 radical (unpaired) electrons. The third-order valence-corrected chi connectivity index (χ3v) is 6.42. The van der Waals surface area contributed by atoms with Gasteiger partial charge in [0.15, 0.2) is 11.5 Å². The van der Waals surface area contributed by atoms with E-state index in [-0.39, 0.29) is 11.8 Å². The number of aromatic amines is 2. The summed E-state index contributed by atoms with van der Waals surface area (Å²) in [6.07, 6.45) is 8.80. The van der Waals surface area contributed by atoms with E-state index in [2.05, 4.69) is 66.3 Å². The minimum atomic E-state index is -0.123. The Hall–Kier alpha value is -4.38. The van der Waals surface area contributed by atoms with Gasteiger partial charge in [0.05, 0.1) is 40.9 Å². The number of hydrogen-bond donors (Lipinski definition) is 3. The van der Waals surface area contributed by atoms with Crippen molar-refractivity contribution in [3.05, 3.63) is 43.1 Å². The lowest BCUT2D eigenvalue weighted by Gasteiger charge is -2.24. The summed E-state index contributed by atoms with van der Waals surface area (Å²) in [4.78, 5) is 38.3. The highest BCUT2D eigenvalue weighted by Gasteiger charge is 2.18. The summed E-state index contributed by atoms with van der Waals surface area (Å²) in [5.74, 6) is 0.481. The van der Waals surface area contributed by atoms with E-state index in [4.69, 9.17) is 4.98 Å². The first-order chi connectivity index (χ1) is 18.3. The molecule has 0 bridgehead atoms. The van der Waals surface area contributed by atoms with E-state index in [1.54, 1.807) is 24.8 Å². The van der Waals surface area contributed by atoms with Gasteiger partial charge in [-0.2, -0.15) is 5.10 Å². The summed E-state index contributed by atoms with van der Waals surface area (Å²) >= 11 is 0. The summed E-state index contributed by atoms with van der Waals surface area (Å²) in [5.41, 5.74) is 6.36. The number of nitrogens with one attached hydrogen (secondary N) is 3. The number of amides is 1. The summed E-state index contributed by atoms with van der Waals surface area (Å²) in [7, 11) is 4.14. The van der Waals surface area contributed by atoms with E-state index in [1.807, 2.05) is 32.2 Å². The number of rotatable bonds is 9. The van der Waals surface area contributed by atoms with Gasteiger partial charge in [-0.15, -0.1) is 0 Å². The molecule has 5 aromatic heterocycles. The molecule has 0 aliphatic rings. The van der Waals surface area contributed by atoms with Crippen LogP contribution in [0.3, 0.4) is 0 Å². The van der Waals surface area contributed by atoms with Crippen LogP contribution in [-0.4, -0.2) is 79.7 Å². The molecule has 1 amide bonds. The molecule has 5 aromatic rings. The molecule has 11 heteroatoms. The fraction of sp³-hybridized carbons (Fsp3) is 0.333. The van der Waals surface area contributed by atoms with Gasteiger partial charge in [-0.3, -0.25) is 19.9 Å². The Morgan fingerprint density at radius 1 is 1.03 bits per heavy atom. The Morgan fingerprint density at radius 2 is 1.82 bits per heavy atom. The van der Waals surface area contributed by atoms with E-state index in [0.717, 1.165) is 58.6 Å². The minimum Gasteiger partial charge on any atom is -0.367 e. The van der Waals surface area contributed by atoms with Crippen molar-refractivity contribution >= 4 is 39.3 Å². The number of likely N-dealkylation sites (N-methyl/N-ethyl adjacent to an activating group) is 2. The van der Waals surface area contributed by atoms with Crippen molar-refractivity contribution in [1.29, 1.82) is 0 Å². The molecule has 0 spiro atoms. The van der Waals surface area contributed by atoms with Crippen LogP contribution in [-0.2, 0) is 4.79 Å². The number of nitrogens with zero attached hydrogens (tertiary/aromatic N) is 7. The van der Waals surface area contributed by atoms with Crippen molar-refractivity contribution in [3.8, 4) is 22.6 Å². The predicted molar refractivity (Wildman–Crippen MR) is 150 cm³/mol. The summed E-state index contributed by atoms with van der Waals surface area (Å²) < 4.78 is 0. The lowest BCUT2D eigenvalue weighted by molar-refractivity contribution is -0.118. The number of anilines is 2. The molecule has 3 N–H and O–H groups in total. The largest absolute Gasteiger partial charge is 0.367 e. The molecular formula is C27H32N10O. The maximum atomic E-state index is 12.1. The van der Waals surface area contributed by atoms with Gasteiger partial charge in [-0.05, 0) is 33.2 Å². The average Bonchev–Trinajstić information content (AvgIpc) is 3.53. The number of fused-ring (bicyclic) bond motifs is 2. The molecule has 5 heterocycles. The minimum absolute atomic E-state index is 0.0586. The predicted octanol–water partition coefficient (Wildman–Crippen LogP) is 3.94. The Balaban J connectivity index is 1.51. The molecule has 0 atom stereocenters. The zero-order valence-corrected chi connectivity index (χ0v) is 22.3. The van der Waals surface area contributed by atoms with Crippen molar-refractivity contribution < 1.29 is 4.79 Å². The maximum absolute atomic E-state index is 12.1. The van der Waals surface area contributed by atoms with Crippen molar-refractivity contribution in [2.24, 2.45) is 5.92 Å². The molecular weight excluding hydrogens is 480 g/mol. The second-order valence-electron chi connectivity index (χ2n) is 9.82. The highest BCUT2D eigenvalue weighted by atomic mass is 16.1. The van der Waals surface area contributed by atoms with Crippen LogP contribution in [0.15, 0.2) is 43.1 Å². The molecule has 0 unspecified atom stereocenters. The fourth-order valence-corrected chi connectivity index (χ4v) is 4.23. The number of imidazole rings is 1. The quantitative estimate of drug-likeness (QED) is 0.271. The molecule has 0 fully saturated rings. The zero-order chi connectivity index (χ0) is 26.8. The van der Waals surface area contributed by atoms with Crippen molar-refractivity contribution in [1.82, 2.24) is 40.0 Å². The number of hydrogen-bond acceptors (Lipinski definition) is 8. The molecule has 0 saturated heterocycles. The smallest absolute Gasteiger partial charge is 0.226 e. The van der Waals surface area contributed by atoms with Crippen molar-refractivity contribution in [2.45, 2.75) is 20.8 Å². The first-order valence-electron chi connectivity index (χ1n) is 12.7. The Labute approximate surface area is 220 Å². The van der Waals surface area contributed by atoms with Gasteiger partial charge >= 0.3 is 0 Å². The lowest BCUT2D eigenvalue weighted by Crippen LogP contribution is -2.31. The normalized spacial score (nSPS) is 11.7. The third kappa shape index (κ3) is 5.05. The van der Waals surface area contributed by atoms with Gasteiger partial charge in [0.2, 0.25) is 5.91 Å². The van der Waals surface area contributed by atoms with Crippen LogP contribution in [0.5, 0.6) is 0 Å². The Morgan fingerprint density at radius 3 is 2.58 bits per heavy atom. The van der Waals surface area contributed by atoms with Gasteiger partial charge in [0.25, 0.3) is 0 Å². The van der Waals surface area contributed by atoms with Crippen LogP contribution in [0.25, 0.3) is 44.7 Å². The fourth-order valence-electron chi connectivity index (χ4n) is 4.23. The van der Waals surface area contributed by atoms with Crippen LogP contribution in [0.4, 0.5) is 11.4 Å². The van der Waals surface area contributed by atoms with Crippen LogP contribution in [0, 0.1) is 5.92 Å². The van der Waals surface area contributed by atoms with Crippen LogP contribution >= 0.6 is 0 Å². The molecule has 5 rings (SSSR count). The van der Waals surface area contributed by atoms with Gasteiger partial charge < -0.3 is 20.1 Å². The molecule has 196 valence electrons. The molecule has 0 aliphatic heterocycles. The zero-order valence-electron chi connectivity index (χ0n) is 22.3. The molecule has 0 saturated carbocycles. The van der Waals surface area contributed by atoms with Crippen molar-refractivity contribution in [2.75, 3.05) is 43.9 Å². The number of aromatic nitrogens is 7. The monoisotopic (exact) mass is 512 g/mol. The standard InChI is InChI=1S/C27H32N10O/c1-6-37(8-7-36(4)5)22-15-29-14-21-24(22)33-26(32-21)23-20-10-18(12-30-25(20)35-34-23)17-9-19(13-28-11-17)31-27(38)16(2)3/h9-16H,6-8H2,1-5H3,(H,31,38)(H,32,33)(H,30,34,35). The summed E-state index contributed by atoms with van der Waals surface area (Å²) in [5, 5.41) is 11.2. The van der Waals surface area contributed by atoms with E-state index in [9.17, 15) is 4.79 Å². The molecule has 38 heavy (non-hydrogen) atoms. The van der Waals surface area contributed by atoms with E-state index in [1.165, 1.54) is 0 Å². The Bertz CT molecular complexity index is 1590. The molecule has 0 aromatic carbocycles. The van der Waals surface area contributed by atoms with Crippen molar-refractivity contribution in [3.63, 3.8) is 0 Å². The first-order valence-corrected chi connectivity index (χ1v) is 12.7. The van der Waals surface area contributed by atoms with Crippen LogP contribution in [0.1, 0.15) is 20.8 Å². The number of pyridine rings is 3. The molecule has 11 nitrogen and oxygen atoms in total. The maximum Gasteiger partial charge on any atom is 0.226 e. The lowest BCUT2D eigenvalue weighted by atomic mass is 10.1. The molecule has 0 aliphatic carbocycles.